The number of carbonyl (C=O) groups excluding carboxylic acids is 2. The summed E-state index contributed by atoms with van der Waals surface area (Å²) in [7, 11) is 1.62. The lowest BCUT2D eigenvalue weighted by Crippen LogP contribution is -2.38. The van der Waals surface area contributed by atoms with Gasteiger partial charge in [-0.05, 0) is 35.9 Å². The van der Waals surface area contributed by atoms with E-state index in [0.717, 1.165) is 5.56 Å². The van der Waals surface area contributed by atoms with Crippen LogP contribution in [-0.4, -0.2) is 47.5 Å². The van der Waals surface area contributed by atoms with Crippen LogP contribution in [0.15, 0.2) is 48.5 Å². The normalized spacial score (nSPS) is 16.8. The van der Waals surface area contributed by atoms with Crippen molar-refractivity contribution in [2.45, 2.75) is 5.37 Å². The Balaban J connectivity index is 1.65. The van der Waals surface area contributed by atoms with E-state index in [-0.39, 0.29) is 28.6 Å². The molecular weight excluding hydrogens is 358 g/mol. The van der Waals surface area contributed by atoms with Crippen LogP contribution in [0, 0.1) is 11.6 Å². The van der Waals surface area contributed by atoms with Gasteiger partial charge in [0.25, 0.3) is 5.91 Å². The van der Waals surface area contributed by atoms with Crippen LogP contribution in [-0.2, 0) is 4.79 Å². The lowest BCUT2D eigenvalue weighted by Gasteiger charge is -2.27. The molecule has 2 amide bonds. The first-order valence-corrected chi connectivity index (χ1v) is 9.18. The van der Waals surface area contributed by atoms with Gasteiger partial charge in [-0.25, -0.2) is 8.78 Å². The highest BCUT2D eigenvalue weighted by Crippen LogP contribution is 2.38. The first-order chi connectivity index (χ1) is 12.5. The molecule has 1 fully saturated rings. The van der Waals surface area contributed by atoms with Gasteiger partial charge in [0.15, 0.2) is 0 Å². The molecular formula is C19H18F2N2O2S. The largest absolute Gasteiger partial charge is 0.340 e. The van der Waals surface area contributed by atoms with E-state index >= 15 is 0 Å². The van der Waals surface area contributed by atoms with Crippen molar-refractivity contribution >= 4 is 23.6 Å². The Hall–Kier alpha value is -2.41. The van der Waals surface area contributed by atoms with Crippen LogP contribution < -0.4 is 0 Å². The Morgan fingerprint density at radius 2 is 1.92 bits per heavy atom. The van der Waals surface area contributed by atoms with Crippen LogP contribution in [0.1, 0.15) is 21.3 Å². The van der Waals surface area contributed by atoms with Crippen LogP contribution in [0.2, 0.25) is 0 Å². The van der Waals surface area contributed by atoms with Crippen molar-refractivity contribution in [3.63, 3.8) is 0 Å². The summed E-state index contributed by atoms with van der Waals surface area (Å²) in [5.41, 5.74) is 1.12. The summed E-state index contributed by atoms with van der Waals surface area (Å²) in [5.74, 6) is -0.760. The molecule has 26 heavy (non-hydrogen) atoms. The lowest BCUT2D eigenvalue weighted by molar-refractivity contribution is -0.128. The van der Waals surface area contributed by atoms with E-state index in [1.165, 1.54) is 47.0 Å². The minimum absolute atomic E-state index is 0.0177. The van der Waals surface area contributed by atoms with Crippen LogP contribution in [0.4, 0.5) is 8.78 Å². The number of amides is 2. The number of thioether (sulfide) groups is 1. The number of benzene rings is 2. The van der Waals surface area contributed by atoms with Gasteiger partial charge in [0.1, 0.15) is 17.0 Å². The average Bonchev–Trinajstić information content (AvgIpc) is 3.00. The van der Waals surface area contributed by atoms with Gasteiger partial charge in [-0.3, -0.25) is 9.59 Å². The second-order valence-corrected chi connectivity index (χ2v) is 7.11. The second-order valence-electron chi connectivity index (χ2n) is 6.04. The van der Waals surface area contributed by atoms with E-state index in [9.17, 15) is 18.4 Å². The monoisotopic (exact) mass is 376 g/mol. The van der Waals surface area contributed by atoms with E-state index in [1.54, 1.807) is 30.1 Å². The van der Waals surface area contributed by atoms with E-state index in [1.807, 2.05) is 0 Å². The fraction of sp³-hybridized carbons (Fsp3) is 0.263. The third-order valence-electron chi connectivity index (χ3n) is 4.22. The fourth-order valence-electron chi connectivity index (χ4n) is 2.80. The van der Waals surface area contributed by atoms with E-state index in [2.05, 4.69) is 0 Å². The maximum absolute atomic E-state index is 13.3. The van der Waals surface area contributed by atoms with Gasteiger partial charge in [-0.15, -0.1) is 11.8 Å². The number of hydrogen-bond donors (Lipinski definition) is 0. The molecule has 2 aromatic carbocycles. The van der Waals surface area contributed by atoms with Gasteiger partial charge in [0.2, 0.25) is 5.91 Å². The number of hydrogen-bond acceptors (Lipinski definition) is 3. The Kier molecular flexibility index (Phi) is 5.56. The molecule has 0 aromatic heterocycles. The molecule has 0 spiro atoms. The molecule has 1 saturated heterocycles. The van der Waals surface area contributed by atoms with E-state index in [4.69, 9.17) is 0 Å². The van der Waals surface area contributed by atoms with Gasteiger partial charge in [-0.2, -0.15) is 0 Å². The number of carbonyl (C=O) groups is 2. The predicted octanol–water partition coefficient (Wildman–Crippen LogP) is 3.31. The zero-order chi connectivity index (χ0) is 18.7. The Morgan fingerprint density at radius 3 is 2.62 bits per heavy atom. The quantitative estimate of drug-likeness (QED) is 0.804. The molecule has 136 valence electrons. The van der Waals surface area contributed by atoms with Crippen molar-refractivity contribution < 1.29 is 18.4 Å². The molecule has 7 heteroatoms. The third kappa shape index (κ3) is 4.04. The zero-order valence-electron chi connectivity index (χ0n) is 14.2. The van der Waals surface area contributed by atoms with Gasteiger partial charge < -0.3 is 9.80 Å². The molecule has 0 radical (unpaired) electrons. The van der Waals surface area contributed by atoms with E-state index in [0.29, 0.717) is 18.8 Å². The van der Waals surface area contributed by atoms with Crippen molar-refractivity contribution in [1.82, 2.24) is 9.80 Å². The number of likely N-dealkylation sites (N-methyl/N-ethyl adjacent to an activating group) is 1. The molecule has 1 aliphatic heterocycles. The van der Waals surface area contributed by atoms with Crippen molar-refractivity contribution in [3.8, 4) is 0 Å². The van der Waals surface area contributed by atoms with E-state index < -0.39 is 5.82 Å². The topological polar surface area (TPSA) is 40.6 Å². The molecule has 4 nitrogen and oxygen atoms in total. The second kappa shape index (κ2) is 7.86. The lowest BCUT2D eigenvalue weighted by atomic mass is 10.2. The van der Waals surface area contributed by atoms with Crippen molar-refractivity contribution in [1.29, 1.82) is 0 Å². The summed E-state index contributed by atoms with van der Waals surface area (Å²) in [4.78, 5) is 27.7. The Bertz CT molecular complexity index is 813. The molecule has 1 atom stereocenters. The third-order valence-corrected chi connectivity index (χ3v) is 5.47. The Labute approximate surface area is 154 Å². The molecule has 3 rings (SSSR count). The summed E-state index contributed by atoms with van der Waals surface area (Å²) in [6.07, 6.45) is 0. The Morgan fingerprint density at radius 1 is 1.19 bits per heavy atom. The van der Waals surface area contributed by atoms with Crippen molar-refractivity contribution in [2.75, 3.05) is 25.9 Å². The maximum atomic E-state index is 13.3. The molecule has 0 aliphatic carbocycles. The van der Waals surface area contributed by atoms with Crippen molar-refractivity contribution in [3.05, 3.63) is 71.3 Å². The molecule has 0 unspecified atom stereocenters. The summed E-state index contributed by atoms with van der Waals surface area (Å²) < 4.78 is 26.4. The summed E-state index contributed by atoms with van der Waals surface area (Å²) in [5, 5.41) is -0.194. The molecule has 0 N–H and O–H groups in total. The zero-order valence-corrected chi connectivity index (χ0v) is 15.0. The minimum Gasteiger partial charge on any atom is -0.340 e. The summed E-state index contributed by atoms with van der Waals surface area (Å²) >= 11 is 1.48. The number of nitrogens with zero attached hydrogens (tertiary/aromatic N) is 2. The van der Waals surface area contributed by atoms with Gasteiger partial charge in [0.05, 0.1) is 5.75 Å². The molecule has 0 bridgehead atoms. The first-order valence-electron chi connectivity index (χ1n) is 8.13. The minimum atomic E-state index is -0.466. The molecule has 2 aromatic rings. The highest BCUT2D eigenvalue weighted by atomic mass is 32.2. The van der Waals surface area contributed by atoms with Gasteiger partial charge in [0, 0.05) is 25.7 Å². The smallest absolute Gasteiger partial charge is 0.253 e. The van der Waals surface area contributed by atoms with Crippen LogP contribution in [0.25, 0.3) is 0 Å². The van der Waals surface area contributed by atoms with Crippen molar-refractivity contribution in [2.24, 2.45) is 0 Å². The molecule has 1 aliphatic rings. The SMILES string of the molecule is CN(CCN1C(=O)CS[C@@H]1c1ccc(F)cc1)C(=O)c1cccc(F)c1. The number of rotatable bonds is 5. The predicted molar refractivity (Wildman–Crippen MR) is 96.7 cm³/mol. The molecule has 0 saturated carbocycles. The highest BCUT2D eigenvalue weighted by molar-refractivity contribution is 8.00. The van der Waals surface area contributed by atoms with Crippen LogP contribution in [0.5, 0.6) is 0 Å². The summed E-state index contributed by atoms with van der Waals surface area (Å²) in [6.45, 7) is 0.671. The van der Waals surface area contributed by atoms with Gasteiger partial charge in [-0.1, -0.05) is 18.2 Å². The summed E-state index contributed by atoms with van der Waals surface area (Å²) in [6, 6.07) is 11.6. The average molecular weight is 376 g/mol. The van der Waals surface area contributed by atoms with Crippen LogP contribution in [0.3, 0.4) is 0 Å². The van der Waals surface area contributed by atoms with Gasteiger partial charge >= 0.3 is 0 Å². The first kappa shape index (κ1) is 18.4. The highest BCUT2D eigenvalue weighted by Gasteiger charge is 2.32. The fourth-order valence-corrected chi connectivity index (χ4v) is 4.02. The maximum Gasteiger partial charge on any atom is 0.253 e. The number of halogens is 2. The molecule has 1 heterocycles. The van der Waals surface area contributed by atoms with Crippen LogP contribution >= 0.6 is 11.8 Å². The standard InChI is InChI=1S/C19H18F2N2O2S/c1-22(18(25)14-3-2-4-16(21)11-14)9-10-23-17(24)12-26-19(23)13-5-7-15(20)8-6-13/h2-8,11,19H,9-10,12H2,1H3/t19-/m1/s1.